The Labute approximate surface area is 151 Å². The van der Waals surface area contributed by atoms with Gasteiger partial charge in [0, 0.05) is 23.9 Å². The van der Waals surface area contributed by atoms with Crippen molar-refractivity contribution in [3.8, 4) is 0 Å². The Bertz CT molecular complexity index is 973. The van der Waals surface area contributed by atoms with E-state index in [1.165, 1.54) is 6.33 Å². The van der Waals surface area contributed by atoms with Crippen molar-refractivity contribution in [3.05, 3.63) is 58.9 Å². The number of pyridine rings is 1. The van der Waals surface area contributed by atoms with Crippen LogP contribution in [-0.2, 0) is 0 Å². The number of allylic oxidation sites excluding steroid dienone is 2. The van der Waals surface area contributed by atoms with E-state index in [0.29, 0.717) is 17.3 Å². The number of aryl methyl sites for hydroxylation is 1. The molecule has 0 aliphatic heterocycles. The molecule has 0 aliphatic carbocycles. The third kappa shape index (κ3) is 3.85. The Hall–Kier alpha value is -2.73. The molecule has 6 nitrogen and oxygen atoms in total. The van der Waals surface area contributed by atoms with Crippen LogP contribution < -0.4 is 5.32 Å². The highest BCUT2D eigenvalue weighted by molar-refractivity contribution is 6.30. The first-order valence-electron chi connectivity index (χ1n) is 7.84. The third-order valence-corrected chi connectivity index (χ3v) is 4.19. The molecule has 128 valence electrons. The lowest BCUT2D eigenvalue weighted by molar-refractivity contribution is 1.09. The Morgan fingerprint density at radius 3 is 2.92 bits per heavy atom. The van der Waals surface area contributed by atoms with E-state index < -0.39 is 0 Å². The molecule has 0 aliphatic rings. The first-order valence-corrected chi connectivity index (χ1v) is 8.21. The molecule has 0 saturated carbocycles. The van der Waals surface area contributed by atoms with Crippen LogP contribution in [0.25, 0.3) is 16.7 Å². The summed E-state index contributed by atoms with van der Waals surface area (Å²) >= 11 is 6.01. The van der Waals surface area contributed by atoms with Gasteiger partial charge in [-0.3, -0.25) is 0 Å². The van der Waals surface area contributed by atoms with Crippen molar-refractivity contribution in [1.29, 1.82) is 0 Å². The molecule has 7 heteroatoms. The lowest BCUT2D eigenvalue weighted by Crippen LogP contribution is -2.07. The normalized spacial score (nSPS) is 11.8. The van der Waals surface area contributed by atoms with Crippen LogP contribution in [0.1, 0.15) is 23.9 Å². The van der Waals surface area contributed by atoms with Gasteiger partial charge >= 0.3 is 0 Å². The van der Waals surface area contributed by atoms with E-state index in [2.05, 4.69) is 36.8 Å². The van der Waals surface area contributed by atoms with Gasteiger partial charge in [-0.25, -0.2) is 19.9 Å². The van der Waals surface area contributed by atoms with E-state index >= 15 is 0 Å². The first-order chi connectivity index (χ1) is 11.9. The zero-order valence-corrected chi connectivity index (χ0v) is 15.1. The molecular formula is C18H19ClN6. The summed E-state index contributed by atoms with van der Waals surface area (Å²) in [5.41, 5.74) is 5.41. The second kappa shape index (κ2) is 7.03. The van der Waals surface area contributed by atoms with Crippen molar-refractivity contribution in [3.63, 3.8) is 0 Å². The molecule has 25 heavy (non-hydrogen) atoms. The monoisotopic (exact) mass is 354 g/mol. The van der Waals surface area contributed by atoms with Crippen LogP contribution in [-0.4, -0.2) is 31.5 Å². The minimum Gasteiger partial charge on any atom is -0.366 e. The van der Waals surface area contributed by atoms with Gasteiger partial charge < -0.3 is 10.3 Å². The number of nitrogens with zero attached hydrogens (tertiary/aromatic N) is 4. The number of hydrogen-bond acceptors (Lipinski definition) is 5. The number of rotatable bonds is 5. The molecule has 0 spiro atoms. The number of nitrogens with one attached hydrogen (secondary N) is 2. The second-order valence-corrected chi connectivity index (χ2v) is 6.28. The van der Waals surface area contributed by atoms with Crippen molar-refractivity contribution in [2.45, 2.75) is 20.8 Å². The summed E-state index contributed by atoms with van der Waals surface area (Å²) in [5, 5.41) is 3.72. The maximum absolute atomic E-state index is 6.01. The zero-order valence-electron chi connectivity index (χ0n) is 14.4. The van der Waals surface area contributed by atoms with Gasteiger partial charge in [0.05, 0.1) is 5.52 Å². The number of fused-ring (bicyclic) bond motifs is 1. The lowest BCUT2D eigenvalue weighted by atomic mass is 10.1. The molecule has 3 aromatic rings. The Balaban J connectivity index is 1.72. The van der Waals surface area contributed by atoms with Gasteiger partial charge in [0.25, 0.3) is 0 Å². The largest absolute Gasteiger partial charge is 0.366 e. The van der Waals surface area contributed by atoms with E-state index in [4.69, 9.17) is 11.6 Å². The number of hydrogen-bond donors (Lipinski definition) is 2. The maximum Gasteiger partial charge on any atom is 0.177 e. The molecule has 0 radical (unpaired) electrons. The van der Waals surface area contributed by atoms with Crippen molar-refractivity contribution in [2.75, 3.05) is 11.9 Å². The number of aromatic amines is 1. The number of H-pyrrole nitrogens is 1. The second-order valence-electron chi connectivity index (χ2n) is 5.92. The SMILES string of the molecule is C=C(/C=C(\C)CNc1ncnc(Cl)c1C)c1cnc2nc(C)[nH]c2c1. The topological polar surface area (TPSA) is 79.4 Å². The highest BCUT2D eigenvalue weighted by Crippen LogP contribution is 2.20. The molecule has 3 heterocycles. The quantitative estimate of drug-likeness (QED) is 0.533. The number of anilines is 1. The van der Waals surface area contributed by atoms with Crippen LogP contribution in [0.4, 0.5) is 5.82 Å². The maximum atomic E-state index is 6.01. The average Bonchev–Trinajstić information content (AvgIpc) is 2.95. The van der Waals surface area contributed by atoms with Crippen LogP contribution in [0, 0.1) is 13.8 Å². The van der Waals surface area contributed by atoms with Crippen molar-refractivity contribution >= 4 is 34.2 Å². The molecule has 0 fully saturated rings. The predicted molar refractivity (Wildman–Crippen MR) is 102 cm³/mol. The Morgan fingerprint density at radius 1 is 1.32 bits per heavy atom. The van der Waals surface area contributed by atoms with Gasteiger partial charge in [-0.1, -0.05) is 29.8 Å². The summed E-state index contributed by atoms with van der Waals surface area (Å²) in [5.74, 6) is 1.58. The lowest BCUT2D eigenvalue weighted by Gasteiger charge is -2.09. The van der Waals surface area contributed by atoms with E-state index in [1.54, 1.807) is 6.20 Å². The molecule has 3 rings (SSSR count). The third-order valence-electron chi connectivity index (χ3n) is 3.80. The van der Waals surface area contributed by atoms with Crippen LogP contribution in [0.15, 0.2) is 36.8 Å². The van der Waals surface area contributed by atoms with Crippen molar-refractivity contribution in [1.82, 2.24) is 24.9 Å². The van der Waals surface area contributed by atoms with Crippen LogP contribution in [0.3, 0.4) is 0 Å². The summed E-state index contributed by atoms with van der Waals surface area (Å²) in [6.45, 7) is 10.6. The Kier molecular flexibility index (Phi) is 4.81. The average molecular weight is 355 g/mol. The predicted octanol–water partition coefficient (Wildman–Crippen LogP) is 4.09. The van der Waals surface area contributed by atoms with Crippen molar-refractivity contribution < 1.29 is 0 Å². The van der Waals surface area contributed by atoms with E-state index in [1.807, 2.05) is 32.9 Å². The number of imidazole rings is 1. The van der Waals surface area contributed by atoms with Gasteiger partial charge in [0.15, 0.2) is 5.65 Å². The van der Waals surface area contributed by atoms with Crippen LogP contribution >= 0.6 is 11.6 Å². The van der Waals surface area contributed by atoms with Crippen molar-refractivity contribution in [2.24, 2.45) is 0 Å². The molecule has 0 saturated heterocycles. The van der Waals surface area contributed by atoms with E-state index in [-0.39, 0.29) is 0 Å². The fourth-order valence-corrected chi connectivity index (χ4v) is 2.59. The van der Waals surface area contributed by atoms with Gasteiger partial charge in [-0.05, 0) is 32.4 Å². The summed E-state index contributed by atoms with van der Waals surface area (Å²) in [7, 11) is 0. The van der Waals surface area contributed by atoms with Crippen LogP contribution in [0.5, 0.6) is 0 Å². The number of aromatic nitrogens is 5. The zero-order chi connectivity index (χ0) is 18.0. The van der Waals surface area contributed by atoms with Gasteiger partial charge in [0.2, 0.25) is 0 Å². The fourth-order valence-electron chi connectivity index (χ4n) is 2.46. The van der Waals surface area contributed by atoms with E-state index in [9.17, 15) is 0 Å². The van der Waals surface area contributed by atoms with Gasteiger partial charge in [-0.2, -0.15) is 0 Å². The first kappa shape index (κ1) is 17.1. The molecule has 0 aromatic carbocycles. The minimum absolute atomic E-state index is 0.456. The fraction of sp³-hybridized carbons (Fsp3) is 0.222. The molecule has 0 amide bonds. The molecule has 0 unspecified atom stereocenters. The summed E-state index contributed by atoms with van der Waals surface area (Å²) in [6.07, 6.45) is 5.26. The summed E-state index contributed by atoms with van der Waals surface area (Å²) in [6, 6.07) is 2.01. The summed E-state index contributed by atoms with van der Waals surface area (Å²) < 4.78 is 0. The van der Waals surface area contributed by atoms with Crippen LogP contribution in [0.2, 0.25) is 5.15 Å². The molecule has 3 aromatic heterocycles. The molecule has 0 atom stereocenters. The highest BCUT2D eigenvalue weighted by atomic mass is 35.5. The smallest absolute Gasteiger partial charge is 0.177 e. The summed E-state index contributed by atoms with van der Waals surface area (Å²) in [4.78, 5) is 20.0. The minimum atomic E-state index is 0.456. The Morgan fingerprint density at radius 2 is 2.12 bits per heavy atom. The van der Waals surface area contributed by atoms with Gasteiger partial charge in [-0.15, -0.1) is 0 Å². The van der Waals surface area contributed by atoms with Gasteiger partial charge in [0.1, 0.15) is 23.1 Å². The highest BCUT2D eigenvalue weighted by Gasteiger charge is 2.06. The molecule has 0 bridgehead atoms. The molecule has 2 N–H and O–H groups in total. The molecular weight excluding hydrogens is 336 g/mol. The standard InChI is InChI=1S/C18H19ClN6/c1-10(7-20-17-12(3)16(19)22-9-23-17)5-11(2)14-6-15-18(21-8-14)25-13(4)24-15/h5-6,8-9H,2,7H2,1,3-4H3,(H,20,22,23)(H,21,24,25)/b10-5+. The number of halogens is 1. The van der Waals surface area contributed by atoms with E-state index in [0.717, 1.165) is 39.4 Å².